The molecule has 0 heterocycles. The molecule has 2 aromatic rings. The number of carbonyl (C=O) groups is 1. The molecule has 28 heavy (non-hydrogen) atoms. The molecule has 0 aliphatic heterocycles. The molecule has 0 aliphatic rings. The lowest BCUT2D eigenvalue weighted by molar-refractivity contribution is -0.137. The number of halogens is 3. The highest BCUT2D eigenvalue weighted by molar-refractivity contribution is 5.91. The fraction of sp³-hybridized carbons (Fsp3) is 0.316. The lowest BCUT2D eigenvalue weighted by Gasteiger charge is -2.15. The summed E-state index contributed by atoms with van der Waals surface area (Å²) in [7, 11) is 4.36. The van der Waals surface area contributed by atoms with Crippen LogP contribution in [0.25, 0.3) is 0 Å². The van der Waals surface area contributed by atoms with E-state index in [0.29, 0.717) is 22.9 Å². The first-order chi connectivity index (χ1) is 13.3. The molecule has 0 aliphatic carbocycles. The van der Waals surface area contributed by atoms with Crippen molar-refractivity contribution in [3.8, 4) is 17.2 Å². The van der Waals surface area contributed by atoms with E-state index >= 15 is 0 Å². The Kier molecular flexibility index (Phi) is 6.97. The molecule has 2 aromatic carbocycles. The molecule has 0 spiro atoms. The van der Waals surface area contributed by atoms with Crippen molar-refractivity contribution < 1.29 is 32.2 Å². The van der Waals surface area contributed by atoms with Gasteiger partial charge in [0.05, 0.1) is 26.9 Å². The fourth-order valence-corrected chi connectivity index (χ4v) is 2.57. The fourth-order valence-electron chi connectivity index (χ4n) is 2.57. The first-order valence-corrected chi connectivity index (χ1v) is 8.30. The average Bonchev–Trinajstić information content (AvgIpc) is 2.66. The molecule has 0 radical (unpaired) electrons. The maximum absolute atomic E-state index is 13.0. The van der Waals surface area contributed by atoms with Crippen LogP contribution in [0.4, 0.5) is 24.5 Å². The summed E-state index contributed by atoms with van der Waals surface area (Å²) in [6, 6.07) is 8.23. The minimum absolute atomic E-state index is 0.0311. The number of benzene rings is 2. The minimum atomic E-state index is -4.47. The predicted molar refractivity (Wildman–Crippen MR) is 99.3 cm³/mol. The summed E-state index contributed by atoms with van der Waals surface area (Å²) in [5.74, 6) is 0.739. The normalized spacial score (nSPS) is 10.9. The van der Waals surface area contributed by atoms with Gasteiger partial charge < -0.3 is 24.8 Å². The number of para-hydroxylation sites is 1. The van der Waals surface area contributed by atoms with E-state index < -0.39 is 11.7 Å². The highest BCUT2D eigenvalue weighted by Gasteiger charge is 2.33. The molecular weight excluding hydrogens is 377 g/mol. The van der Waals surface area contributed by atoms with E-state index in [4.69, 9.17) is 14.2 Å². The predicted octanol–water partition coefficient (Wildman–Crippen LogP) is 4.17. The van der Waals surface area contributed by atoms with E-state index in [2.05, 4.69) is 10.6 Å². The van der Waals surface area contributed by atoms with E-state index in [1.165, 1.54) is 39.5 Å². The molecule has 0 unspecified atom stereocenters. The molecule has 0 atom stereocenters. The second kappa shape index (κ2) is 9.20. The Hall–Kier alpha value is -3.10. The smallest absolute Gasteiger partial charge is 0.418 e. The zero-order valence-corrected chi connectivity index (χ0v) is 15.6. The van der Waals surface area contributed by atoms with Crippen LogP contribution in [-0.2, 0) is 11.0 Å². The molecule has 0 aromatic heterocycles. The number of methoxy groups -OCH3 is 3. The monoisotopic (exact) mass is 398 g/mol. The highest BCUT2D eigenvalue weighted by atomic mass is 19.4. The van der Waals surface area contributed by atoms with Crippen molar-refractivity contribution in [3.63, 3.8) is 0 Å². The number of ether oxygens (including phenoxy) is 3. The van der Waals surface area contributed by atoms with Gasteiger partial charge in [-0.2, -0.15) is 13.2 Å². The molecule has 0 saturated heterocycles. The van der Waals surface area contributed by atoms with E-state index in [9.17, 15) is 18.0 Å². The van der Waals surface area contributed by atoms with Gasteiger partial charge >= 0.3 is 6.18 Å². The quantitative estimate of drug-likeness (QED) is 0.699. The first kappa shape index (κ1) is 21.2. The van der Waals surface area contributed by atoms with Crippen LogP contribution in [0.5, 0.6) is 17.2 Å². The number of amides is 1. The van der Waals surface area contributed by atoms with Crippen LogP contribution in [0.15, 0.2) is 36.4 Å². The number of nitrogens with one attached hydrogen (secondary N) is 2. The summed E-state index contributed by atoms with van der Waals surface area (Å²) in [6.07, 6.45) is -4.51. The van der Waals surface area contributed by atoms with Crippen LogP contribution in [0.1, 0.15) is 12.0 Å². The lowest BCUT2D eigenvalue weighted by Crippen LogP contribution is -2.18. The van der Waals surface area contributed by atoms with Crippen molar-refractivity contribution in [2.45, 2.75) is 12.6 Å². The Labute approximate surface area is 160 Å². The summed E-state index contributed by atoms with van der Waals surface area (Å²) in [6.45, 7) is 0.0311. The molecular formula is C19H21F3N2O4. The third-order valence-corrected chi connectivity index (χ3v) is 3.85. The number of hydrogen-bond acceptors (Lipinski definition) is 5. The summed E-state index contributed by atoms with van der Waals surface area (Å²) < 4.78 is 54.5. The number of rotatable bonds is 8. The highest BCUT2D eigenvalue weighted by Crippen LogP contribution is 2.40. The van der Waals surface area contributed by atoms with Crippen LogP contribution in [0, 0.1) is 0 Å². The molecule has 0 saturated carbocycles. The average molecular weight is 398 g/mol. The van der Waals surface area contributed by atoms with E-state index in [0.717, 1.165) is 6.07 Å². The second-order valence-corrected chi connectivity index (χ2v) is 5.68. The zero-order valence-electron chi connectivity index (χ0n) is 15.6. The van der Waals surface area contributed by atoms with Gasteiger partial charge in [-0.25, -0.2) is 0 Å². The third kappa shape index (κ3) is 5.21. The molecule has 152 valence electrons. The standard InChI is InChI=1S/C19H21F3N2O4/c1-26-15-10-12(11-16(27-2)18(15)28-3)24-17(25)8-9-23-14-7-5-4-6-13(14)19(20,21)22/h4-7,10-11,23H,8-9H2,1-3H3,(H,24,25). The summed E-state index contributed by atoms with van der Waals surface area (Å²) in [5.41, 5.74) is -0.439. The van der Waals surface area contributed by atoms with Crippen molar-refractivity contribution >= 4 is 17.3 Å². The number of carbonyl (C=O) groups excluding carboxylic acids is 1. The Morgan fingerprint density at radius 2 is 1.61 bits per heavy atom. The summed E-state index contributed by atoms with van der Waals surface area (Å²) >= 11 is 0. The number of anilines is 2. The van der Waals surface area contributed by atoms with Gasteiger partial charge in [0.25, 0.3) is 0 Å². The number of hydrogen-bond donors (Lipinski definition) is 2. The summed E-state index contributed by atoms with van der Waals surface area (Å²) in [5, 5.41) is 5.31. The van der Waals surface area contributed by atoms with Crippen LogP contribution in [0.2, 0.25) is 0 Å². The molecule has 2 rings (SSSR count). The van der Waals surface area contributed by atoms with Crippen molar-refractivity contribution in [1.82, 2.24) is 0 Å². The maximum Gasteiger partial charge on any atom is 0.418 e. The van der Waals surface area contributed by atoms with Crippen LogP contribution < -0.4 is 24.8 Å². The van der Waals surface area contributed by atoms with Gasteiger partial charge in [-0.15, -0.1) is 0 Å². The van der Waals surface area contributed by atoms with Crippen molar-refractivity contribution in [2.75, 3.05) is 38.5 Å². The first-order valence-electron chi connectivity index (χ1n) is 8.30. The molecule has 9 heteroatoms. The SMILES string of the molecule is COc1cc(NC(=O)CCNc2ccccc2C(F)(F)F)cc(OC)c1OC. The van der Waals surface area contributed by atoms with Gasteiger partial charge in [-0.1, -0.05) is 12.1 Å². The van der Waals surface area contributed by atoms with Crippen molar-refractivity contribution in [3.05, 3.63) is 42.0 Å². The molecule has 1 amide bonds. The Morgan fingerprint density at radius 3 is 2.14 bits per heavy atom. The molecule has 0 bridgehead atoms. The number of alkyl halides is 3. The van der Waals surface area contributed by atoms with Gasteiger partial charge in [-0.3, -0.25) is 4.79 Å². The third-order valence-electron chi connectivity index (χ3n) is 3.85. The molecule has 2 N–H and O–H groups in total. The van der Waals surface area contributed by atoms with Crippen LogP contribution in [-0.4, -0.2) is 33.8 Å². The van der Waals surface area contributed by atoms with Crippen LogP contribution in [0.3, 0.4) is 0 Å². The topological polar surface area (TPSA) is 68.8 Å². The van der Waals surface area contributed by atoms with Gasteiger partial charge in [-0.05, 0) is 12.1 Å². The van der Waals surface area contributed by atoms with Gasteiger partial charge in [0.2, 0.25) is 11.7 Å². The van der Waals surface area contributed by atoms with Crippen LogP contribution >= 0.6 is 0 Å². The van der Waals surface area contributed by atoms with E-state index in [-0.39, 0.29) is 24.6 Å². The minimum Gasteiger partial charge on any atom is -0.493 e. The Bertz CT molecular complexity index is 800. The van der Waals surface area contributed by atoms with E-state index in [1.54, 1.807) is 12.1 Å². The van der Waals surface area contributed by atoms with Crippen molar-refractivity contribution in [1.29, 1.82) is 0 Å². The second-order valence-electron chi connectivity index (χ2n) is 5.68. The Morgan fingerprint density at radius 1 is 1.00 bits per heavy atom. The Balaban J connectivity index is 2.01. The maximum atomic E-state index is 13.0. The zero-order chi connectivity index (χ0) is 20.7. The summed E-state index contributed by atoms with van der Waals surface area (Å²) in [4.78, 5) is 12.2. The molecule has 6 nitrogen and oxygen atoms in total. The van der Waals surface area contributed by atoms with Crippen molar-refractivity contribution in [2.24, 2.45) is 0 Å². The molecule has 0 fully saturated rings. The lowest BCUT2D eigenvalue weighted by atomic mass is 10.1. The van der Waals surface area contributed by atoms with Gasteiger partial charge in [0.1, 0.15) is 0 Å². The largest absolute Gasteiger partial charge is 0.493 e. The van der Waals surface area contributed by atoms with Gasteiger partial charge in [0, 0.05) is 36.5 Å². The van der Waals surface area contributed by atoms with E-state index in [1.807, 2.05) is 0 Å². The van der Waals surface area contributed by atoms with Gasteiger partial charge in [0.15, 0.2) is 11.5 Å².